The van der Waals surface area contributed by atoms with Gasteiger partial charge in [-0.1, -0.05) is 43.7 Å². The largest absolute Gasteiger partial charge is 0.453 e. The van der Waals surface area contributed by atoms with Crippen molar-refractivity contribution in [2.75, 3.05) is 11.4 Å². The number of hydrogen-bond donors (Lipinski definition) is 0. The summed E-state index contributed by atoms with van der Waals surface area (Å²) in [7, 11) is 0. The molecule has 7 nitrogen and oxygen atoms in total. The molecule has 7 heteroatoms. The van der Waals surface area contributed by atoms with Gasteiger partial charge in [0, 0.05) is 25.2 Å². The lowest BCUT2D eigenvalue weighted by Crippen LogP contribution is -2.39. The zero-order valence-electron chi connectivity index (χ0n) is 19.1. The third-order valence-electron chi connectivity index (χ3n) is 6.03. The van der Waals surface area contributed by atoms with Gasteiger partial charge in [0.1, 0.15) is 5.69 Å². The number of carbonyl (C=O) groups excluding carboxylic acids is 2. The topological polar surface area (TPSA) is 81.5 Å². The van der Waals surface area contributed by atoms with Crippen molar-refractivity contribution in [2.45, 2.75) is 58.6 Å². The third kappa shape index (κ3) is 4.82. The average Bonchev–Trinajstić information content (AvgIpc) is 3.26. The average molecular weight is 448 g/mol. The van der Waals surface area contributed by atoms with E-state index in [-0.39, 0.29) is 24.3 Å². The Morgan fingerprint density at radius 1 is 1.12 bits per heavy atom. The van der Waals surface area contributed by atoms with Gasteiger partial charge < -0.3 is 14.2 Å². The van der Waals surface area contributed by atoms with E-state index in [9.17, 15) is 14.4 Å². The number of aryl methyl sites for hydroxylation is 2. The molecule has 1 aromatic heterocycles. The summed E-state index contributed by atoms with van der Waals surface area (Å²) in [6.07, 6.45) is 1.91. The van der Waals surface area contributed by atoms with Crippen LogP contribution in [0.25, 0.3) is 11.0 Å². The maximum Gasteiger partial charge on any atom is 0.306 e. The molecule has 0 spiro atoms. The van der Waals surface area contributed by atoms with Crippen molar-refractivity contribution in [2.24, 2.45) is 0 Å². The molecule has 1 atom stereocenters. The molecule has 0 N–H and O–H groups in total. The maximum absolute atomic E-state index is 13.0. The fourth-order valence-corrected chi connectivity index (χ4v) is 4.26. The number of benzene rings is 2. The van der Waals surface area contributed by atoms with Crippen LogP contribution in [0.5, 0.6) is 0 Å². The first-order valence-electron chi connectivity index (χ1n) is 11.6. The molecule has 172 valence electrons. The number of amides is 1. The van der Waals surface area contributed by atoms with Gasteiger partial charge in [-0.25, -0.2) is 4.98 Å². The molecule has 0 saturated heterocycles. The number of unbranched alkanes of at least 4 members (excludes halogenated alkanes) is 1. The van der Waals surface area contributed by atoms with E-state index in [4.69, 9.17) is 4.74 Å². The highest BCUT2D eigenvalue weighted by atomic mass is 16.5. The summed E-state index contributed by atoms with van der Waals surface area (Å²) in [5.74, 6) is -0.753. The summed E-state index contributed by atoms with van der Waals surface area (Å²) < 4.78 is 7.16. The summed E-state index contributed by atoms with van der Waals surface area (Å²) in [6, 6.07) is 15.3. The SMILES string of the molecule is CCCCn1c(=O)c(CCC(=O)OC(C)C(=O)N2CCc3ccccc32)nc2ccccc21. The molecular weight excluding hydrogens is 418 g/mol. The Kier molecular flexibility index (Phi) is 6.87. The van der Waals surface area contributed by atoms with Gasteiger partial charge >= 0.3 is 5.97 Å². The molecule has 0 radical (unpaired) electrons. The van der Waals surface area contributed by atoms with Crippen molar-refractivity contribution < 1.29 is 14.3 Å². The van der Waals surface area contributed by atoms with Gasteiger partial charge in [-0.2, -0.15) is 0 Å². The van der Waals surface area contributed by atoms with E-state index in [1.54, 1.807) is 16.4 Å². The highest BCUT2D eigenvalue weighted by Gasteiger charge is 2.29. The van der Waals surface area contributed by atoms with Crippen LogP contribution < -0.4 is 10.5 Å². The monoisotopic (exact) mass is 447 g/mol. The molecule has 2 heterocycles. The normalized spacial score (nSPS) is 13.7. The number of ether oxygens (including phenoxy) is 1. The van der Waals surface area contributed by atoms with Crippen LogP contribution in [0.4, 0.5) is 5.69 Å². The predicted molar refractivity (Wildman–Crippen MR) is 127 cm³/mol. The van der Waals surface area contributed by atoms with Crippen LogP contribution in [0.15, 0.2) is 53.3 Å². The lowest BCUT2D eigenvalue weighted by molar-refractivity contribution is -0.153. The zero-order chi connectivity index (χ0) is 23.4. The molecule has 0 aliphatic carbocycles. The fourth-order valence-electron chi connectivity index (χ4n) is 4.26. The van der Waals surface area contributed by atoms with Gasteiger partial charge in [0.05, 0.1) is 17.5 Å². The van der Waals surface area contributed by atoms with Crippen LogP contribution >= 0.6 is 0 Å². The van der Waals surface area contributed by atoms with E-state index < -0.39 is 12.1 Å². The Hall–Kier alpha value is -3.48. The quantitative estimate of drug-likeness (QED) is 0.493. The van der Waals surface area contributed by atoms with Crippen LogP contribution in [0.1, 0.15) is 44.4 Å². The summed E-state index contributed by atoms with van der Waals surface area (Å²) in [5.41, 5.74) is 3.69. The summed E-state index contributed by atoms with van der Waals surface area (Å²) in [5, 5.41) is 0. The van der Waals surface area contributed by atoms with Crippen LogP contribution in [-0.4, -0.2) is 34.1 Å². The van der Waals surface area contributed by atoms with Gasteiger partial charge in [0.2, 0.25) is 0 Å². The lowest BCUT2D eigenvalue weighted by Gasteiger charge is -2.21. The number of fused-ring (bicyclic) bond motifs is 2. The smallest absolute Gasteiger partial charge is 0.306 e. The van der Waals surface area contributed by atoms with Crippen molar-refractivity contribution in [3.8, 4) is 0 Å². The molecule has 33 heavy (non-hydrogen) atoms. The Morgan fingerprint density at radius 3 is 2.70 bits per heavy atom. The highest BCUT2D eigenvalue weighted by Crippen LogP contribution is 2.28. The van der Waals surface area contributed by atoms with E-state index in [1.807, 2.05) is 48.5 Å². The Bertz CT molecular complexity index is 1230. The molecule has 1 unspecified atom stereocenters. The predicted octanol–water partition coefficient (Wildman–Crippen LogP) is 3.65. The van der Waals surface area contributed by atoms with Crippen molar-refractivity contribution in [1.29, 1.82) is 0 Å². The second kappa shape index (κ2) is 9.98. The van der Waals surface area contributed by atoms with E-state index in [0.717, 1.165) is 41.5 Å². The maximum atomic E-state index is 13.0. The second-order valence-corrected chi connectivity index (χ2v) is 8.36. The van der Waals surface area contributed by atoms with Crippen molar-refractivity contribution in [3.05, 3.63) is 70.1 Å². The number of rotatable bonds is 8. The molecule has 4 rings (SSSR count). The number of anilines is 1. The van der Waals surface area contributed by atoms with E-state index in [0.29, 0.717) is 18.8 Å². The van der Waals surface area contributed by atoms with E-state index in [2.05, 4.69) is 11.9 Å². The van der Waals surface area contributed by atoms with Crippen LogP contribution in [0.3, 0.4) is 0 Å². The minimum absolute atomic E-state index is 0.0113. The van der Waals surface area contributed by atoms with E-state index >= 15 is 0 Å². The van der Waals surface area contributed by atoms with Crippen LogP contribution in [0.2, 0.25) is 0 Å². The molecule has 3 aromatic rings. The summed E-state index contributed by atoms with van der Waals surface area (Å²) >= 11 is 0. The summed E-state index contributed by atoms with van der Waals surface area (Å²) in [4.78, 5) is 44.5. The third-order valence-corrected chi connectivity index (χ3v) is 6.03. The molecule has 1 amide bonds. The van der Waals surface area contributed by atoms with Gasteiger partial charge in [-0.05, 0) is 43.5 Å². The number of hydrogen-bond acceptors (Lipinski definition) is 5. The molecule has 1 aliphatic rings. The van der Waals surface area contributed by atoms with Crippen molar-refractivity contribution >= 4 is 28.6 Å². The molecular formula is C26H29N3O4. The first kappa shape index (κ1) is 22.7. The number of nitrogens with zero attached hydrogens (tertiary/aromatic N) is 3. The van der Waals surface area contributed by atoms with Gasteiger partial charge in [0.25, 0.3) is 11.5 Å². The number of para-hydroxylation sites is 3. The Morgan fingerprint density at radius 2 is 1.88 bits per heavy atom. The van der Waals surface area contributed by atoms with Crippen LogP contribution in [0, 0.1) is 0 Å². The summed E-state index contributed by atoms with van der Waals surface area (Å²) in [6.45, 7) is 4.86. The Balaban J connectivity index is 1.42. The van der Waals surface area contributed by atoms with Crippen LogP contribution in [-0.2, 0) is 33.7 Å². The Labute approximate surface area is 193 Å². The zero-order valence-corrected chi connectivity index (χ0v) is 19.1. The van der Waals surface area contributed by atoms with Gasteiger partial charge in [-0.15, -0.1) is 0 Å². The fraction of sp³-hybridized carbons (Fsp3) is 0.385. The molecule has 0 saturated carbocycles. The first-order valence-corrected chi connectivity index (χ1v) is 11.6. The van der Waals surface area contributed by atoms with Gasteiger partial charge in [-0.3, -0.25) is 14.4 Å². The number of carbonyl (C=O) groups is 2. The standard InChI is InChI=1S/C26H29N3O4/c1-3-4-16-28-23-12-8-6-10-20(23)27-21(26(28)32)13-14-24(30)33-18(2)25(31)29-17-15-19-9-5-7-11-22(19)29/h5-12,18H,3-4,13-17H2,1-2H3. The minimum atomic E-state index is -0.894. The van der Waals surface area contributed by atoms with E-state index in [1.165, 1.54) is 0 Å². The molecule has 0 bridgehead atoms. The second-order valence-electron chi connectivity index (χ2n) is 8.36. The number of aromatic nitrogens is 2. The molecule has 1 aliphatic heterocycles. The molecule has 0 fully saturated rings. The molecule has 2 aromatic carbocycles. The number of esters is 1. The first-order chi connectivity index (χ1) is 16.0. The van der Waals surface area contributed by atoms with Gasteiger partial charge in [0.15, 0.2) is 6.10 Å². The van der Waals surface area contributed by atoms with Crippen molar-refractivity contribution in [1.82, 2.24) is 9.55 Å². The minimum Gasteiger partial charge on any atom is -0.453 e. The highest BCUT2D eigenvalue weighted by molar-refractivity contribution is 5.99. The lowest BCUT2D eigenvalue weighted by atomic mass is 10.2. The van der Waals surface area contributed by atoms with Crippen molar-refractivity contribution in [3.63, 3.8) is 0 Å².